The monoisotopic (exact) mass is 476 g/mol. The number of anilines is 1. The molecule has 0 spiro atoms. The summed E-state index contributed by atoms with van der Waals surface area (Å²) in [5.74, 6) is -1.87. The van der Waals surface area contributed by atoms with Gasteiger partial charge in [0.05, 0.1) is 23.5 Å². The summed E-state index contributed by atoms with van der Waals surface area (Å²) in [7, 11) is 0. The first kappa shape index (κ1) is 21.8. The number of carbonyl (C=O) groups is 1. The van der Waals surface area contributed by atoms with E-state index in [1.165, 1.54) is 17.4 Å². The number of hydrogen-bond acceptors (Lipinski definition) is 7. The van der Waals surface area contributed by atoms with E-state index in [4.69, 9.17) is 4.98 Å². The van der Waals surface area contributed by atoms with E-state index in [1.807, 2.05) is 5.38 Å². The quantitative estimate of drug-likeness (QED) is 0.417. The van der Waals surface area contributed by atoms with Crippen LogP contribution in [-0.2, 0) is 19.5 Å². The first-order valence-electron chi connectivity index (χ1n) is 10.4. The standard InChI is InChI=1S/C24H18F2N6OS/c25-19-5-3-14(8-20(19)26)9-30-23(33)17-2-1-7-28-22(17)29-10-15-12-34-24(32-15)16-4-6-21-18(16)11-27-13-31-21/h1-5,7-8,11-13H,6,9-10H2,(H,28,29)(H,30,33). The molecule has 1 aliphatic rings. The zero-order valence-corrected chi connectivity index (χ0v) is 18.6. The molecule has 0 bridgehead atoms. The van der Waals surface area contributed by atoms with Gasteiger partial charge in [0.25, 0.3) is 5.91 Å². The van der Waals surface area contributed by atoms with Gasteiger partial charge in [-0.25, -0.2) is 28.7 Å². The van der Waals surface area contributed by atoms with Crippen LogP contribution >= 0.6 is 11.3 Å². The highest BCUT2D eigenvalue weighted by molar-refractivity contribution is 7.10. The maximum absolute atomic E-state index is 13.4. The number of nitrogens with zero attached hydrogens (tertiary/aromatic N) is 4. The van der Waals surface area contributed by atoms with Crippen molar-refractivity contribution in [1.29, 1.82) is 0 Å². The summed E-state index contributed by atoms with van der Waals surface area (Å²) in [6, 6.07) is 6.81. The fraction of sp³-hybridized carbons (Fsp3) is 0.125. The zero-order valence-electron chi connectivity index (χ0n) is 17.8. The summed E-state index contributed by atoms with van der Waals surface area (Å²) in [4.78, 5) is 30.1. The van der Waals surface area contributed by atoms with Gasteiger partial charge >= 0.3 is 0 Å². The van der Waals surface area contributed by atoms with E-state index in [-0.39, 0.29) is 12.5 Å². The van der Waals surface area contributed by atoms with Crippen molar-refractivity contribution < 1.29 is 13.6 Å². The minimum absolute atomic E-state index is 0.0557. The summed E-state index contributed by atoms with van der Waals surface area (Å²) >= 11 is 1.53. The molecule has 1 aromatic carbocycles. The Morgan fingerprint density at radius 3 is 2.91 bits per heavy atom. The van der Waals surface area contributed by atoms with Crippen LogP contribution < -0.4 is 10.6 Å². The first-order valence-corrected chi connectivity index (χ1v) is 11.3. The number of rotatable bonds is 7. The number of hydrogen-bond donors (Lipinski definition) is 2. The number of amides is 1. The van der Waals surface area contributed by atoms with Crippen molar-refractivity contribution in [3.8, 4) is 0 Å². The highest BCUT2D eigenvalue weighted by Crippen LogP contribution is 2.32. The maximum atomic E-state index is 13.4. The molecule has 1 aliphatic carbocycles. The van der Waals surface area contributed by atoms with E-state index in [9.17, 15) is 13.6 Å². The van der Waals surface area contributed by atoms with Gasteiger partial charge in [-0.05, 0) is 29.8 Å². The second-order valence-electron chi connectivity index (χ2n) is 7.53. The van der Waals surface area contributed by atoms with Crippen molar-refractivity contribution in [1.82, 2.24) is 25.3 Å². The van der Waals surface area contributed by atoms with Crippen LogP contribution in [0.25, 0.3) is 5.57 Å². The summed E-state index contributed by atoms with van der Waals surface area (Å²) in [5, 5.41) is 8.72. The third-order valence-electron chi connectivity index (χ3n) is 5.29. The predicted octanol–water partition coefficient (Wildman–Crippen LogP) is 4.14. The third kappa shape index (κ3) is 4.53. The lowest BCUT2D eigenvalue weighted by molar-refractivity contribution is 0.0951. The SMILES string of the molecule is O=C(NCc1ccc(F)c(F)c1)c1cccnc1NCc1csc(C2=CCc3ncncc32)n1. The average Bonchev–Trinajstić information content (AvgIpc) is 3.50. The first-order chi connectivity index (χ1) is 16.6. The maximum Gasteiger partial charge on any atom is 0.255 e. The molecular weight excluding hydrogens is 458 g/mol. The molecule has 0 saturated carbocycles. The number of fused-ring (bicyclic) bond motifs is 1. The lowest BCUT2D eigenvalue weighted by atomic mass is 10.2. The largest absolute Gasteiger partial charge is 0.364 e. The van der Waals surface area contributed by atoms with E-state index in [0.717, 1.165) is 46.1 Å². The minimum Gasteiger partial charge on any atom is -0.364 e. The average molecular weight is 477 g/mol. The van der Waals surface area contributed by atoms with Gasteiger partial charge in [0.1, 0.15) is 17.2 Å². The molecule has 34 heavy (non-hydrogen) atoms. The van der Waals surface area contributed by atoms with E-state index in [0.29, 0.717) is 23.5 Å². The highest BCUT2D eigenvalue weighted by Gasteiger charge is 2.20. The van der Waals surface area contributed by atoms with Crippen molar-refractivity contribution in [2.24, 2.45) is 0 Å². The number of carbonyl (C=O) groups excluding carboxylic acids is 1. The van der Waals surface area contributed by atoms with Crippen molar-refractivity contribution in [3.63, 3.8) is 0 Å². The molecule has 3 aromatic heterocycles. The molecule has 1 amide bonds. The summed E-state index contributed by atoms with van der Waals surface area (Å²) in [6.45, 7) is 0.433. The van der Waals surface area contributed by atoms with E-state index in [1.54, 1.807) is 30.9 Å². The van der Waals surface area contributed by atoms with Crippen molar-refractivity contribution >= 4 is 28.6 Å². The molecule has 0 saturated heterocycles. The molecule has 10 heteroatoms. The predicted molar refractivity (Wildman–Crippen MR) is 124 cm³/mol. The fourth-order valence-corrected chi connectivity index (χ4v) is 4.47. The van der Waals surface area contributed by atoms with Gasteiger partial charge in [-0.15, -0.1) is 11.3 Å². The number of nitrogens with one attached hydrogen (secondary N) is 2. The Morgan fingerprint density at radius 2 is 2.03 bits per heavy atom. The highest BCUT2D eigenvalue weighted by atomic mass is 32.1. The second-order valence-corrected chi connectivity index (χ2v) is 8.39. The van der Waals surface area contributed by atoms with Gasteiger partial charge < -0.3 is 10.6 Å². The van der Waals surface area contributed by atoms with Crippen LogP contribution in [0, 0.1) is 11.6 Å². The van der Waals surface area contributed by atoms with Gasteiger partial charge in [0.2, 0.25) is 0 Å². The van der Waals surface area contributed by atoms with Crippen LogP contribution in [0.3, 0.4) is 0 Å². The molecule has 7 nitrogen and oxygen atoms in total. The van der Waals surface area contributed by atoms with Crippen molar-refractivity contribution in [2.75, 3.05) is 5.32 Å². The number of pyridine rings is 1. The fourth-order valence-electron chi connectivity index (χ4n) is 3.60. The van der Waals surface area contributed by atoms with Crippen LogP contribution in [0.15, 0.2) is 60.5 Å². The molecule has 2 N–H and O–H groups in total. The van der Waals surface area contributed by atoms with Crippen LogP contribution in [0.2, 0.25) is 0 Å². The molecule has 5 rings (SSSR count). The summed E-state index contributed by atoms with van der Waals surface area (Å²) in [6.07, 6.45) is 7.80. The number of allylic oxidation sites excluding steroid dienone is 1. The van der Waals surface area contributed by atoms with E-state index < -0.39 is 11.6 Å². The smallest absolute Gasteiger partial charge is 0.255 e. The van der Waals surface area contributed by atoms with Crippen LogP contribution in [0.5, 0.6) is 0 Å². The molecule has 0 unspecified atom stereocenters. The second kappa shape index (κ2) is 9.44. The van der Waals surface area contributed by atoms with Gasteiger partial charge in [0, 0.05) is 41.9 Å². The molecular formula is C24H18F2N6OS. The van der Waals surface area contributed by atoms with Gasteiger partial charge in [-0.2, -0.15) is 0 Å². The molecule has 4 aromatic rings. The number of thiazole rings is 1. The topological polar surface area (TPSA) is 92.7 Å². The Bertz CT molecular complexity index is 1400. The van der Waals surface area contributed by atoms with Crippen LogP contribution in [0.4, 0.5) is 14.6 Å². The zero-order chi connectivity index (χ0) is 23.5. The molecule has 170 valence electrons. The number of aromatic nitrogens is 4. The Hall–Kier alpha value is -4.05. The van der Waals surface area contributed by atoms with E-state index in [2.05, 4.69) is 31.7 Å². The normalized spacial score (nSPS) is 12.2. The molecule has 0 radical (unpaired) electrons. The lowest BCUT2D eigenvalue weighted by Crippen LogP contribution is -2.24. The van der Waals surface area contributed by atoms with E-state index >= 15 is 0 Å². The van der Waals surface area contributed by atoms with Crippen LogP contribution in [-0.4, -0.2) is 25.8 Å². The lowest BCUT2D eigenvalue weighted by Gasteiger charge is -2.11. The van der Waals surface area contributed by atoms with Crippen LogP contribution in [0.1, 0.15) is 37.9 Å². The molecule has 0 atom stereocenters. The Labute approximate surface area is 197 Å². The van der Waals surface area contributed by atoms with Gasteiger partial charge in [0.15, 0.2) is 11.6 Å². The van der Waals surface area contributed by atoms with Crippen molar-refractivity contribution in [3.05, 3.63) is 105 Å². The molecule has 0 aliphatic heterocycles. The van der Waals surface area contributed by atoms with Gasteiger partial charge in [-0.3, -0.25) is 4.79 Å². The minimum atomic E-state index is -0.956. The summed E-state index contributed by atoms with van der Waals surface area (Å²) < 4.78 is 26.5. The van der Waals surface area contributed by atoms with Gasteiger partial charge in [-0.1, -0.05) is 12.1 Å². The number of halogens is 2. The Morgan fingerprint density at radius 1 is 1.12 bits per heavy atom. The Kier molecular flexibility index (Phi) is 6.05. The molecule has 3 heterocycles. The number of benzene rings is 1. The van der Waals surface area contributed by atoms with Crippen molar-refractivity contribution in [2.45, 2.75) is 19.5 Å². The summed E-state index contributed by atoms with van der Waals surface area (Å²) in [5.41, 5.74) is 4.62. The third-order valence-corrected chi connectivity index (χ3v) is 6.22. The Balaban J connectivity index is 1.24. The molecule has 0 fully saturated rings.